The van der Waals surface area contributed by atoms with E-state index in [0.717, 1.165) is 20.1 Å². The van der Waals surface area contributed by atoms with E-state index in [-0.39, 0.29) is 24.0 Å². The summed E-state index contributed by atoms with van der Waals surface area (Å²) < 4.78 is 29.6. The molecule has 0 fully saturated rings. The number of hydrogen-bond donors (Lipinski definition) is 1. The number of carbonyl (C=O) groups is 1. The Hall–Kier alpha value is -1.71. The van der Waals surface area contributed by atoms with Gasteiger partial charge in [0.05, 0.1) is 17.5 Å². The summed E-state index contributed by atoms with van der Waals surface area (Å²) in [5, 5.41) is 3.44. The van der Waals surface area contributed by atoms with Gasteiger partial charge in [0.15, 0.2) is 0 Å². The van der Waals surface area contributed by atoms with Crippen molar-refractivity contribution in [1.29, 1.82) is 0 Å². The number of halogens is 3. The van der Waals surface area contributed by atoms with Crippen LogP contribution >= 0.6 is 43.5 Å². The third-order valence-corrected chi connectivity index (χ3v) is 7.91. The molecule has 9 heteroatoms. The Balaban J connectivity index is 1.82. The Labute approximate surface area is 210 Å². The molecule has 1 amide bonds. The van der Waals surface area contributed by atoms with Crippen molar-refractivity contribution in [3.63, 3.8) is 0 Å². The van der Waals surface area contributed by atoms with Gasteiger partial charge >= 0.3 is 0 Å². The first-order chi connectivity index (χ1) is 15.1. The van der Waals surface area contributed by atoms with Crippen molar-refractivity contribution in [2.24, 2.45) is 0 Å². The van der Waals surface area contributed by atoms with E-state index in [2.05, 4.69) is 37.2 Å². The topological polar surface area (TPSA) is 66.5 Å². The van der Waals surface area contributed by atoms with Gasteiger partial charge in [0, 0.05) is 20.5 Å². The number of nitrogens with zero attached hydrogens (tertiary/aromatic N) is 1. The average molecular weight is 601 g/mol. The Kier molecular flexibility index (Phi) is 8.52. The zero-order chi connectivity index (χ0) is 23.3. The van der Waals surface area contributed by atoms with Crippen LogP contribution in [0.5, 0.6) is 0 Å². The van der Waals surface area contributed by atoms with Crippen LogP contribution in [0.1, 0.15) is 24.1 Å². The second-order valence-electron chi connectivity index (χ2n) is 7.19. The minimum Gasteiger partial charge on any atom is -0.348 e. The summed E-state index contributed by atoms with van der Waals surface area (Å²) >= 11 is 12.7. The molecular formula is C23H21Br2ClN2O3S. The van der Waals surface area contributed by atoms with Crippen molar-refractivity contribution >= 4 is 59.4 Å². The lowest BCUT2D eigenvalue weighted by Crippen LogP contribution is -2.41. The lowest BCUT2D eigenvalue weighted by Gasteiger charge is -2.23. The predicted octanol–water partition coefficient (Wildman–Crippen LogP) is 5.93. The summed E-state index contributed by atoms with van der Waals surface area (Å²) in [6.07, 6.45) is 0. The number of carbonyl (C=O) groups excluding carboxylic acids is 1. The van der Waals surface area contributed by atoms with Crippen LogP contribution in [-0.4, -0.2) is 25.2 Å². The highest BCUT2D eigenvalue weighted by molar-refractivity contribution is 9.10. The molecule has 32 heavy (non-hydrogen) atoms. The van der Waals surface area contributed by atoms with E-state index in [4.69, 9.17) is 11.6 Å². The molecule has 0 aliphatic heterocycles. The van der Waals surface area contributed by atoms with Crippen LogP contribution in [0.25, 0.3) is 0 Å². The number of rotatable bonds is 8. The SMILES string of the molecule is C[C@@H](NC(=O)CN(Cc1ccc(Cl)cc1)S(=O)(=O)c1ccc(Br)cc1)c1ccc(Br)cc1. The Bertz CT molecular complexity index is 1170. The molecule has 3 aromatic carbocycles. The highest BCUT2D eigenvalue weighted by atomic mass is 79.9. The van der Waals surface area contributed by atoms with Crippen LogP contribution in [0.15, 0.2) is 86.6 Å². The smallest absolute Gasteiger partial charge is 0.243 e. The number of nitrogens with one attached hydrogen (secondary N) is 1. The van der Waals surface area contributed by atoms with Gasteiger partial charge in [-0.1, -0.05) is 67.7 Å². The second-order valence-corrected chi connectivity index (χ2v) is 11.4. The fourth-order valence-corrected chi connectivity index (χ4v) is 5.10. The fourth-order valence-electron chi connectivity index (χ4n) is 3.06. The third-order valence-electron chi connectivity index (χ3n) is 4.79. The molecule has 0 bridgehead atoms. The van der Waals surface area contributed by atoms with Gasteiger partial charge in [-0.2, -0.15) is 4.31 Å². The molecule has 1 N–H and O–H groups in total. The summed E-state index contributed by atoms with van der Waals surface area (Å²) in [4.78, 5) is 12.9. The molecule has 0 saturated heterocycles. The summed E-state index contributed by atoms with van der Waals surface area (Å²) in [5.41, 5.74) is 1.64. The second kappa shape index (κ2) is 10.9. The highest BCUT2D eigenvalue weighted by Gasteiger charge is 2.27. The van der Waals surface area contributed by atoms with Crippen molar-refractivity contribution in [2.75, 3.05) is 6.54 Å². The van der Waals surface area contributed by atoms with Crippen LogP contribution in [0, 0.1) is 0 Å². The molecule has 0 heterocycles. The molecule has 0 saturated carbocycles. The first-order valence-corrected chi connectivity index (χ1v) is 13.1. The maximum atomic E-state index is 13.3. The molecule has 3 aromatic rings. The normalized spacial score (nSPS) is 12.5. The van der Waals surface area contributed by atoms with Crippen molar-refractivity contribution in [1.82, 2.24) is 9.62 Å². The predicted molar refractivity (Wildman–Crippen MR) is 134 cm³/mol. The van der Waals surface area contributed by atoms with Gasteiger partial charge in [-0.15, -0.1) is 0 Å². The molecule has 0 aromatic heterocycles. The number of amides is 1. The number of sulfonamides is 1. The molecule has 168 valence electrons. The van der Waals surface area contributed by atoms with Gasteiger partial charge < -0.3 is 5.32 Å². The van der Waals surface area contributed by atoms with E-state index < -0.39 is 15.9 Å². The van der Waals surface area contributed by atoms with Crippen molar-refractivity contribution in [2.45, 2.75) is 24.4 Å². The summed E-state index contributed by atoms with van der Waals surface area (Å²) in [6, 6.07) is 20.5. The van der Waals surface area contributed by atoms with Crippen molar-refractivity contribution in [3.05, 3.63) is 97.9 Å². The minimum absolute atomic E-state index is 0.0374. The molecule has 0 spiro atoms. The molecule has 0 unspecified atom stereocenters. The molecule has 3 rings (SSSR count). The van der Waals surface area contributed by atoms with Crippen LogP contribution in [0.2, 0.25) is 5.02 Å². The van der Waals surface area contributed by atoms with E-state index in [1.54, 1.807) is 36.4 Å². The monoisotopic (exact) mass is 598 g/mol. The first kappa shape index (κ1) is 24.9. The third kappa shape index (κ3) is 6.65. The maximum Gasteiger partial charge on any atom is 0.243 e. The van der Waals surface area contributed by atoms with Crippen LogP contribution in [0.4, 0.5) is 0 Å². The molecule has 1 atom stereocenters. The summed E-state index contributed by atoms with van der Waals surface area (Å²) in [7, 11) is -3.91. The quantitative estimate of drug-likeness (QED) is 0.349. The summed E-state index contributed by atoms with van der Waals surface area (Å²) in [6.45, 7) is 1.57. The summed E-state index contributed by atoms with van der Waals surface area (Å²) in [5.74, 6) is -0.393. The Morgan fingerprint density at radius 1 is 0.938 bits per heavy atom. The molecule has 0 aliphatic carbocycles. The van der Waals surface area contributed by atoms with E-state index in [0.29, 0.717) is 5.02 Å². The van der Waals surface area contributed by atoms with Crippen LogP contribution < -0.4 is 5.32 Å². The van der Waals surface area contributed by atoms with Gasteiger partial charge in [-0.25, -0.2) is 8.42 Å². The van der Waals surface area contributed by atoms with Crippen LogP contribution in [-0.2, 0) is 21.4 Å². The van der Waals surface area contributed by atoms with E-state index in [9.17, 15) is 13.2 Å². The standard InChI is InChI=1S/C23H21Br2ClN2O3S/c1-16(18-4-6-19(24)7-5-18)27-23(29)15-28(14-17-2-10-21(26)11-3-17)32(30,31)22-12-8-20(25)9-13-22/h2-13,16H,14-15H2,1H3,(H,27,29)/t16-/m1/s1. The minimum atomic E-state index is -3.91. The number of hydrogen-bond acceptors (Lipinski definition) is 3. The molecule has 0 radical (unpaired) electrons. The lowest BCUT2D eigenvalue weighted by atomic mass is 10.1. The Morgan fingerprint density at radius 3 is 2.03 bits per heavy atom. The van der Waals surface area contributed by atoms with Crippen molar-refractivity contribution < 1.29 is 13.2 Å². The lowest BCUT2D eigenvalue weighted by molar-refractivity contribution is -0.122. The van der Waals surface area contributed by atoms with Gasteiger partial charge in [0.25, 0.3) is 0 Å². The Morgan fingerprint density at radius 2 is 1.47 bits per heavy atom. The van der Waals surface area contributed by atoms with Gasteiger partial charge in [-0.05, 0) is 66.6 Å². The fraction of sp³-hybridized carbons (Fsp3) is 0.174. The van der Waals surface area contributed by atoms with E-state index >= 15 is 0 Å². The zero-order valence-electron chi connectivity index (χ0n) is 17.1. The molecule has 0 aliphatic rings. The van der Waals surface area contributed by atoms with E-state index in [1.165, 1.54) is 16.4 Å². The van der Waals surface area contributed by atoms with Gasteiger partial charge in [-0.3, -0.25) is 4.79 Å². The van der Waals surface area contributed by atoms with Crippen molar-refractivity contribution in [3.8, 4) is 0 Å². The van der Waals surface area contributed by atoms with Gasteiger partial charge in [0.2, 0.25) is 15.9 Å². The molecule has 5 nitrogen and oxygen atoms in total. The van der Waals surface area contributed by atoms with E-state index in [1.807, 2.05) is 31.2 Å². The van der Waals surface area contributed by atoms with Gasteiger partial charge in [0.1, 0.15) is 0 Å². The highest BCUT2D eigenvalue weighted by Crippen LogP contribution is 2.22. The largest absolute Gasteiger partial charge is 0.348 e. The molecular weight excluding hydrogens is 580 g/mol. The zero-order valence-corrected chi connectivity index (χ0v) is 21.9. The number of benzene rings is 3. The first-order valence-electron chi connectivity index (χ1n) is 9.70. The maximum absolute atomic E-state index is 13.3. The average Bonchev–Trinajstić information content (AvgIpc) is 2.75. The van der Waals surface area contributed by atoms with Crippen LogP contribution in [0.3, 0.4) is 0 Å².